The Morgan fingerprint density at radius 3 is 3.05 bits per heavy atom. The van der Waals surface area contributed by atoms with E-state index in [1.165, 1.54) is 12.8 Å². The molecule has 2 atom stereocenters. The molecule has 1 aromatic heterocycles. The second kappa shape index (κ2) is 6.56. The van der Waals surface area contributed by atoms with Crippen molar-refractivity contribution < 1.29 is 9.32 Å². The van der Waals surface area contributed by atoms with Crippen LogP contribution < -0.4 is 10.6 Å². The van der Waals surface area contributed by atoms with Gasteiger partial charge < -0.3 is 9.84 Å². The minimum atomic E-state index is -0.0334. The molecule has 2 fully saturated rings. The van der Waals surface area contributed by atoms with Crippen LogP contribution in [0.2, 0.25) is 0 Å². The number of likely N-dealkylation sites (tertiary alicyclic amines) is 1. The van der Waals surface area contributed by atoms with E-state index in [0.717, 1.165) is 25.2 Å². The minimum absolute atomic E-state index is 0. The van der Waals surface area contributed by atoms with Crippen LogP contribution in [0.5, 0.6) is 0 Å². The maximum atomic E-state index is 11.9. The van der Waals surface area contributed by atoms with Crippen molar-refractivity contribution in [3.05, 3.63) is 11.8 Å². The molecular weight excluding hydrogens is 280 g/mol. The zero-order chi connectivity index (χ0) is 13.2. The quantitative estimate of drug-likeness (QED) is 0.877. The lowest BCUT2D eigenvalue weighted by Crippen LogP contribution is -2.39. The van der Waals surface area contributed by atoms with E-state index in [4.69, 9.17) is 4.52 Å². The number of carbonyl (C=O) groups is 1. The number of rotatable bonds is 3. The van der Waals surface area contributed by atoms with Crippen molar-refractivity contribution in [2.45, 2.75) is 38.3 Å². The van der Waals surface area contributed by atoms with Crippen LogP contribution in [0, 0.1) is 6.92 Å². The number of hydrogen-bond acceptors (Lipinski definition) is 5. The van der Waals surface area contributed by atoms with Gasteiger partial charge in [-0.3, -0.25) is 15.0 Å². The predicted octanol–water partition coefficient (Wildman–Crippen LogP) is 1.17. The lowest BCUT2D eigenvalue weighted by molar-refractivity contribution is -0.117. The molecule has 112 valence electrons. The Morgan fingerprint density at radius 1 is 1.50 bits per heavy atom. The van der Waals surface area contributed by atoms with Crippen molar-refractivity contribution in [1.29, 1.82) is 0 Å². The van der Waals surface area contributed by atoms with Crippen LogP contribution in [0.4, 0.5) is 5.88 Å². The first-order valence-corrected chi connectivity index (χ1v) is 6.90. The SMILES string of the molecule is Cc1cc(NC(=O)CN2CCC3CCC(C2)N3)on1.Cl. The Morgan fingerprint density at radius 2 is 2.30 bits per heavy atom. The van der Waals surface area contributed by atoms with Gasteiger partial charge in [0.25, 0.3) is 0 Å². The van der Waals surface area contributed by atoms with E-state index in [9.17, 15) is 4.79 Å². The van der Waals surface area contributed by atoms with Crippen LogP contribution in [-0.2, 0) is 4.79 Å². The molecule has 2 bridgehead atoms. The lowest BCUT2D eigenvalue weighted by Gasteiger charge is -2.22. The lowest BCUT2D eigenvalue weighted by atomic mass is 10.1. The number of halogens is 1. The fraction of sp³-hybridized carbons (Fsp3) is 0.692. The van der Waals surface area contributed by atoms with Gasteiger partial charge in [0.1, 0.15) is 0 Å². The van der Waals surface area contributed by atoms with Crippen LogP contribution >= 0.6 is 12.4 Å². The number of carbonyl (C=O) groups excluding carboxylic acids is 1. The second-order valence-corrected chi connectivity index (χ2v) is 5.54. The smallest absolute Gasteiger partial charge is 0.240 e. The third-order valence-corrected chi connectivity index (χ3v) is 3.87. The standard InChI is InChI=1S/C13H20N4O2.ClH/c1-9-6-13(19-16-9)15-12(18)8-17-5-4-10-2-3-11(7-17)14-10;/h6,10-11,14H,2-5,7-8H2,1H3,(H,15,18);1H. The van der Waals surface area contributed by atoms with E-state index in [2.05, 4.69) is 20.7 Å². The van der Waals surface area contributed by atoms with Crippen molar-refractivity contribution in [2.75, 3.05) is 25.0 Å². The second-order valence-electron chi connectivity index (χ2n) is 5.54. The highest BCUT2D eigenvalue weighted by Crippen LogP contribution is 2.20. The summed E-state index contributed by atoms with van der Waals surface area (Å²) in [5.74, 6) is 0.394. The summed E-state index contributed by atoms with van der Waals surface area (Å²) in [4.78, 5) is 14.2. The summed E-state index contributed by atoms with van der Waals surface area (Å²) < 4.78 is 4.99. The predicted molar refractivity (Wildman–Crippen MR) is 78.1 cm³/mol. The number of nitrogens with zero attached hydrogens (tertiary/aromatic N) is 2. The molecule has 2 saturated heterocycles. The molecule has 1 amide bonds. The highest BCUT2D eigenvalue weighted by Gasteiger charge is 2.29. The number of nitrogens with one attached hydrogen (secondary N) is 2. The highest BCUT2D eigenvalue weighted by molar-refractivity contribution is 5.90. The average molecular weight is 301 g/mol. The molecule has 6 nitrogen and oxygen atoms in total. The van der Waals surface area contributed by atoms with Gasteiger partial charge in [-0.2, -0.15) is 0 Å². The van der Waals surface area contributed by atoms with E-state index in [0.29, 0.717) is 24.5 Å². The van der Waals surface area contributed by atoms with E-state index in [-0.39, 0.29) is 18.3 Å². The third kappa shape index (κ3) is 3.71. The molecule has 2 N–H and O–H groups in total. The number of hydrogen-bond donors (Lipinski definition) is 2. The van der Waals surface area contributed by atoms with E-state index in [1.807, 2.05) is 6.92 Å². The first-order valence-electron chi connectivity index (χ1n) is 6.90. The molecule has 20 heavy (non-hydrogen) atoms. The summed E-state index contributed by atoms with van der Waals surface area (Å²) in [6.07, 6.45) is 3.64. The summed E-state index contributed by atoms with van der Waals surface area (Å²) in [6.45, 7) is 4.19. The zero-order valence-electron chi connectivity index (χ0n) is 11.6. The largest absolute Gasteiger partial charge is 0.338 e. The molecule has 0 aliphatic carbocycles. The van der Waals surface area contributed by atoms with Gasteiger partial charge in [0.15, 0.2) is 0 Å². The number of aryl methyl sites for hydroxylation is 1. The summed E-state index contributed by atoms with van der Waals surface area (Å²) >= 11 is 0. The molecule has 2 aliphatic heterocycles. The molecular formula is C13H21ClN4O2. The average Bonchev–Trinajstić information content (AvgIpc) is 2.89. The van der Waals surface area contributed by atoms with Gasteiger partial charge >= 0.3 is 0 Å². The molecule has 3 heterocycles. The van der Waals surface area contributed by atoms with Crippen LogP contribution in [0.15, 0.2) is 10.6 Å². The minimum Gasteiger partial charge on any atom is -0.338 e. The van der Waals surface area contributed by atoms with Crippen LogP contribution in [-0.4, -0.2) is 47.7 Å². The van der Waals surface area contributed by atoms with Gasteiger partial charge in [-0.25, -0.2) is 0 Å². The van der Waals surface area contributed by atoms with Gasteiger partial charge in [-0.05, 0) is 26.2 Å². The molecule has 7 heteroatoms. The monoisotopic (exact) mass is 300 g/mol. The van der Waals surface area contributed by atoms with Crippen LogP contribution in [0.3, 0.4) is 0 Å². The van der Waals surface area contributed by atoms with Crippen molar-refractivity contribution in [2.24, 2.45) is 0 Å². The first-order chi connectivity index (χ1) is 9.19. The molecule has 0 spiro atoms. The van der Waals surface area contributed by atoms with Crippen LogP contribution in [0.25, 0.3) is 0 Å². The maximum absolute atomic E-state index is 11.9. The summed E-state index contributed by atoms with van der Waals surface area (Å²) in [5.41, 5.74) is 0.770. The van der Waals surface area contributed by atoms with Crippen molar-refractivity contribution in [3.63, 3.8) is 0 Å². The summed E-state index contributed by atoms with van der Waals surface area (Å²) in [5, 5.41) is 10.1. The van der Waals surface area contributed by atoms with Gasteiger partial charge in [0.05, 0.1) is 12.2 Å². The van der Waals surface area contributed by atoms with Crippen molar-refractivity contribution >= 4 is 24.2 Å². The number of fused-ring (bicyclic) bond motifs is 2. The number of amides is 1. The number of aromatic nitrogens is 1. The van der Waals surface area contributed by atoms with E-state index < -0.39 is 0 Å². The van der Waals surface area contributed by atoms with Gasteiger partial charge in [0.2, 0.25) is 11.8 Å². The normalized spacial score (nSPS) is 25.9. The fourth-order valence-corrected chi connectivity index (χ4v) is 2.96. The first kappa shape index (κ1) is 15.3. The Balaban J connectivity index is 0.00000147. The summed E-state index contributed by atoms with van der Waals surface area (Å²) in [7, 11) is 0. The maximum Gasteiger partial charge on any atom is 0.240 e. The van der Waals surface area contributed by atoms with Crippen molar-refractivity contribution in [1.82, 2.24) is 15.4 Å². The number of anilines is 1. The van der Waals surface area contributed by atoms with E-state index in [1.54, 1.807) is 6.07 Å². The van der Waals surface area contributed by atoms with Gasteiger partial charge in [0, 0.05) is 31.2 Å². The molecule has 3 rings (SSSR count). The van der Waals surface area contributed by atoms with Crippen LogP contribution in [0.1, 0.15) is 25.0 Å². The molecule has 0 saturated carbocycles. The fourth-order valence-electron chi connectivity index (χ4n) is 2.96. The van der Waals surface area contributed by atoms with Gasteiger partial charge in [-0.1, -0.05) is 5.16 Å². The topological polar surface area (TPSA) is 70.4 Å². The van der Waals surface area contributed by atoms with E-state index >= 15 is 0 Å². The molecule has 0 aromatic carbocycles. The van der Waals surface area contributed by atoms with Crippen molar-refractivity contribution in [3.8, 4) is 0 Å². The Labute approximate surface area is 124 Å². The third-order valence-electron chi connectivity index (χ3n) is 3.87. The Bertz CT molecular complexity index is 465. The van der Waals surface area contributed by atoms with Gasteiger partial charge in [-0.15, -0.1) is 12.4 Å². The molecule has 1 aromatic rings. The Hall–Kier alpha value is -1.11. The molecule has 2 unspecified atom stereocenters. The molecule has 2 aliphatic rings. The zero-order valence-corrected chi connectivity index (χ0v) is 12.4. The Kier molecular flexibility index (Phi) is 5.01. The molecule has 0 radical (unpaired) electrons. The summed E-state index contributed by atoms with van der Waals surface area (Å²) in [6, 6.07) is 2.92. The highest BCUT2D eigenvalue weighted by atomic mass is 35.5.